The van der Waals surface area contributed by atoms with Crippen LogP contribution in [0, 0.1) is 11.7 Å². The van der Waals surface area contributed by atoms with Crippen LogP contribution in [0.3, 0.4) is 0 Å². The van der Waals surface area contributed by atoms with E-state index in [4.69, 9.17) is 0 Å². The van der Waals surface area contributed by atoms with Crippen molar-refractivity contribution >= 4 is 27.7 Å². The summed E-state index contributed by atoms with van der Waals surface area (Å²) in [5.74, 6) is 2.74. The summed E-state index contributed by atoms with van der Waals surface area (Å²) in [5.41, 5.74) is 0.828. The Labute approximate surface area is 115 Å². The van der Waals surface area contributed by atoms with E-state index in [1.165, 1.54) is 0 Å². The minimum absolute atomic E-state index is 0.0830. The second kappa shape index (κ2) is 6.21. The molecule has 1 nitrogen and oxygen atoms in total. The molecule has 0 aliphatic carbocycles. The van der Waals surface area contributed by atoms with Crippen LogP contribution in [-0.2, 0) is 6.42 Å². The van der Waals surface area contributed by atoms with E-state index in [1.54, 1.807) is 12.1 Å². The van der Waals surface area contributed by atoms with Gasteiger partial charge in [0.25, 0.3) is 0 Å². The van der Waals surface area contributed by atoms with Crippen LogP contribution in [0.25, 0.3) is 0 Å². The standard InChI is InChI=1S/C13H17BrFNS/c1-2-16-13-8-17-7-10(13)5-9-6-11(14)3-4-12(9)15/h3-4,6,10,13,16H,2,5,7-8H2,1H3. The van der Waals surface area contributed by atoms with Crippen LogP contribution in [0.5, 0.6) is 0 Å². The number of hydrogen-bond donors (Lipinski definition) is 1. The molecule has 0 radical (unpaired) electrons. The van der Waals surface area contributed by atoms with Gasteiger partial charge in [0, 0.05) is 16.3 Å². The fourth-order valence-corrected chi connectivity index (χ4v) is 4.11. The van der Waals surface area contributed by atoms with Gasteiger partial charge in [0.15, 0.2) is 0 Å². The molecule has 0 bridgehead atoms. The molecule has 17 heavy (non-hydrogen) atoms. The summed E-state index contributed by atoms with van der Waals surface area (Å²) >= 11 is 5.37. The molecule has 94 valence electrons. The molecule has 2 unspecified atom stereocenters. The van der Waals surface area contributed by atoms with Crippen molar-refractivity contribution in [2.75, 3.05) is 18.1 Å². The average molecular weight is 318 g/mol. The van der Waals surface area contributed by atoms with Crippen LogP contribution in [0.2, 0.25) is 0 Å². The highest BCUT2D eigenvalue weighted by molar-refractivity contribution is 9.10. The number of rotatable bonds is 4. The zero-order valence-electron chi connectivity index (χ0n) is 9.88. The molecule has 1 fully saturated rings. The Morgan fingerprint density at radius 2 is 2.29 bits per heavy atom. The summed E-state index contributed by atoms with van der Waals surface area (Å²) in [6.07, 6.45) is 0.829. The van der Waals surface area contributed by atoms with Crippen molar-refractivity contribution in [1.82, 2.24) is 5.32 Å². The van der Waals surface area contributed by atoms with Crippen LogP contribution in [-0.4, -0.2) is 24.1 Å². The maximum atomic E-state index is 13.7. The molecular formula is C13H17BrFNS. The Kier molecular flexibility index (Phi) is 4.88. The zero-order valence-corrected chi connectivity index (χ0v) is 12.3. The van der Waals surface area contributed by atoms with Gasteiger partial charge in [0.1, 0.15) is 5.82 Å². The third kappa shape index (κ3) is 3.46. The molecule has 2 atom stereocenters. The largest absolute Gasteiger partial charge is 0.313 e. The summed E-state index contributed by atoms with van der Waals surface area (Å²) < 4.78 is 14.6. The van der Waals surface area contributed by atoms with Gasteiger partial charge in [-0.1, -0.05) is 22.9 Å². The van der Waals surface area contributed by atoms with Crippen molar-refractivity contribution in [2.24, 2.45) is 5.92 Å². The van der Waals surface area contributed by atoms with E-state index in [0.717, 1.165) is 34.5 Å². The first-order valence-electron chi connectivity index (χ1n) is 5.95. The predicted octanol–water partition coefficient (Wildman–Crippen LogP) is 3.47. The molecule has 4 heteroatoms. The number of halogens is 2. The molecule has 0 amide bonds. The lowest BCUT2D eigenvalue weighted by atomic mass is 9.94. The Morgan fingerprint density at radius 1 is 1.47 bits per heavy atom. The van der Waals surface area contributed by atoms with Crippen molar-refractivity contribution in [3.05, 3.63) is 34.1 Å². The second-order valence-electron chi connectivity index (χ2n) is 4.40. The van der Waals surface area contributed by atoms with E-state index < -0.39 is 0 Å². The molecule has 0 spiro atoms. The maximum Gasteiger partial charge on any atom is 0.126 e. The van der Waals surface area contributed by atoms with Gasteiger partial charge >= 0.3 is 0 Å². The Hall–Kier alpha value is -0.0600. The monoisotopic (exact) mass is 317 g/mol. The quantitative estimate of drug-likeness (QED) is 0.912. The predicted molar refractivity (Wildman–Crippen MR) is 76.1 cm³/mol. The van der Waals surface area contributed by atoms with E-state index in [2.05, 4.69) is 28.2 Å². The van der Waals surface area contributed by atoms with Crippen LogP contribution < -0.4 is 5.32 Å². The minimum atomic E-state index is -0.0830. The Balaban J connectivity index is 2.06. The van der Waals surface area contributed by atoms with E-state index in [1.807, 2.05) is 17.8 Å². The van der Waals surface area contributed by atoms with Crippen molar-refractivity contribution < 1.29 is 4.39 Å². The molecule has 1 heterocycles. The SMILES string of the molecule is CCNC1CSCC1Cc1cc(Br)ccc1F. The van der Waals surface area contributed by atoms with Crippen molar-refractivity contribution in [2.45, 2.75) is 19.4 Å². The first-order chi connectivity index (χ1) is 8.20. The Bertz CT molecular complexity index is 386. The van der Waals surface area contributed by atoms with Gasteiger partial charge in [-0.15, -0.1) is 0 Å². The third-order valence-corrected chi connectivity index (χ3v) is 4.91. The molecule has 1 saturated heterocycles. The maximum absolute atomic E-state index is 13.7. The molecule has 2 rings (SSSR count). The summed E-state index contributed by atoms with van der Waals surface area (Å²) in [7, 11) is 0. The minimum Gasteiger partial charge on any atom is -0.313 e. The van der Waals surface area contributed by atoms with Crippen LogP contribution in [0.15, 0.2) is 22.7 Å². The van der Waals surface area contributed by atoms with Gasteiger partial charge in [0.05, 0.1) is 0 Å². The van der Waals surface area contributed by atoms with Crippen LogP contribution in [0.4, 0.5) is 4.39 Å². The fraction of sp³-hybridized carbons (Fsp3) is 0.538. The summed E-state index contributed by atoms with van der Waals surface area (Å²) in [6, 6.07) is 5.73. The zero-order chi connectivity index (χ0) is 12.3. The lowest BCUT2D eigenvalue weighted by Gasteiger charge is -2.19. The van der Waals surface area contributed by atoms with E-state index in [0.29, 0.717) is 12.0 Å². The molecule has 1 N–H and O–H groups in total. The average Bonchev–Trinajstić information content (AvgIpc) is 2.72. The highest BCUT2D eigenvalue weighted by Crippen LogP contribution is 2.29. The fourth-order valence-electron chi connectivity index (χ4n) is 2.27. The van der Waals surface area contributed by atoms with Crippen molar-refractivity contribution in [3.8, 4) is 0 Å². The second-order valence-corrected chi connectivity index (χ2v) is 6.39. The highest BCUT2D eigenvalue weighted by atomic mass is 79.9. The van der Waals surface area contributed by atoms with E-state index >= 15 is 0 Å². The topological polar surface area (TPSA) is 12.0 Å². The Morgan fingerprint density at radius 3 is 3.06 bits per heavy atom. The lowest BCUT2D eigenvalue weighted by molar-refractivity contribution is 0.427. The molecule has 1 aromatic carbocycles. The number of hydrogen-bond acceptors (Lipinski definition) is 2. The molecule has 1 aliphatic heterocycles. The van der Waals surface area contributed by atoms with Crippen LogP contribution in [0.1, 0.15) is 12.5 Å². The van der Waals surface area contributed by atoms with Gasteiger partial charge in [-0.05, 0) is 48.4 Å². The van der Waals surface area contributed by atoms with Gasteiger partial charge in [0.2, 0.25) is 0 Å². The number of thioether (sulfide) groups is 1. The first-order valence-corrected chi connectivity index (χ1v) is 7.90. The first kappa shape index (κ1) is 13.4. The molecular weight excluding hydrogens is 301 g/mol. The van der Waals surface area contributed by atoms with E-state index in [9.17, 15) is 4.39 Å². The van der Waals surface area contributed by atoms with Gasteiger partial charge < -0.3 is 5.32 Å². The normalized spacial score (nSPS) is 24.2. The summed E-state index contributed by atoms with van der Waals surface area (Å²) in [6.45, 7) is 3.11. The van der Waals surface area contributed by atoms with Gasteiger partial charge in [-0.2, -0.15) is 11.8 Å². The van der Waals surface area contributed by atoms with Crippen LogP contribution >= 0.6 is 27.7 Å². The highest BCUT2D eigenvalue weighted by Gasteiger charge is 2.27. The van der Waals surface area contributed by atoms with Crippen molar-refractivity contribution in [3.63, 3.8) is 0 Å². The number of nitrogens with one attached hydrogen (secondary N) is 1. The van der Waals surface area contributed by atoms with E-state index in [-0.39, 0.29) is 5.82 Å². The summed E-state index contributed by atoms with van der Waals surface area (Å²) in [4.78, 5) is 0. The molecule has 1 aliphatic rings. The number of benzene rings is 1. The molecule has 0 saturated carbocycles. The lowest BCUT2D eigenvalue weighted by Crippen LogP contribution is -2.36. The third-order valence-electron chi connectivity index (χ3n) is 3.15. The van der Waals surface area contributed by atoms with Gasteiger partial charge in [-0.25, -0.2) is 4.39 Å². The van der Waals surface area contributed by atoms with Crippen molar-refractivity contribution in [1.29, 1.82) is 0 Å². The summed E-state index contributed by atoms with van der Waals surface area (Å²) in [5, 5.41) is 3.49. The molecule has 0 aromatic heterocycles. The molecule has 1 aromatic rings. The van der Waals surface area contributed by atoms with Gasteiger partial charge in [-0.3, -0.25) is 0 Å². The smallest absolute Gasteiger partial charge is 0.126 e.